The molecule has 3 nitrogen and oxygen atoms in total. The molecule has 1 heterocycles. The van der Waals surface area contributed by atoms with Gasteiger partial charge >= 0.3 is 0 Å². The van der Waals surface area contributed by atoms with Crippen molar-refractivity contribution in [3.05, 3.63) is 91.4 Å². The Balaban J connectivity index is 0.00000204. The molecule has 1 aliphatic rings. The molecule has 3 atom stereocenters. The Hall–Kier alpha value is -1.13. The van der Waals surface area contributed by atoms with Gasteiger partial charge in [0.15, 0.2) is 6.29 Å². The smallest absolute Gasteiger partial charge is 0.184 e. The number of allylic oxidation sites excluding steroid dienone is 2. The predicted octanol–water partition coefficient (Wildman–Crippen LogP) is 6.88. The number of carbonyl (C=O) groups excluding carboxylic acids is 1. The summed E-state index contributed by atoms with van der Waals surface area (Å²) in [6.45, 7) is 6.28. The standard InChI is InChI=1S/C23H26O3.C2H6.CH3.Y/c1-18(24)11-5-2-10-16-21-17-25-23(20-14-8-4-9-15-20)26-22(21)19-12-6-3-7-13-19;1-2;;/h2-4,6-10,12-15,21-23H,5,11,16-17H2,1H3;1-2H3;1H3;/q;;-1;/b10-2-;;;/t21-,22-,23+;;;/m1.../s1. The van der Waals surface area contributed by atoms with Crippen molar-refractivity contribution >= 4 is 5.78 Å². The third-order valence-corrected chi connectivity index (χ3v) is 4.63. The normalized spacial score (nSPS) is 20.3. The largest absolute Gasteiger partial charge is 0.358 e. The number of rotatable bonds is 7. The van der Waals surface area contributed by atoms with E-state index in [0.717, 1.165) is 18.4 Å². The van der Waals surface area contributed by atoms with Gasteiger partial charge in [0.2, 0.25) is 0 Å². The van der Waals surface area contributed by atoms with Crippen molar-refractivity contribution in [1.82, 2.24) is 0 Å². The van der Waals surface area contributed by atoms with Gasteiger partial charge in [0.05, 0.1) is 12.7 Å². The Morgan fingerprint density at radius 3 is 2.10 bits per heavy atom. The summed E-state index contributed by atoms with van der Waals surface area (Å²) in [6, 6.07) is 20.4. The molecular formula is C26H35O3Y-. The van der Waals surface area contributed by atoms with E-state index < -0.39 is 0 Å². The molecule has 0 saturated carbocycles. The van der Waals surface area contributed by atoms with E-state index in [-0.39, 0.29) is 64.2 Å². The van der Waals surface area contributed by atoms with Crippen LogP contribution in [0, 0.1) is 13.3 Å². The van der Waals surface area contributed by atoms with Gasteiger partial charge in [-0.15, -0.1) is 0 Å². The van der Waals surface area contributed by atoms with E-state index >= 15 is 0 Å². The molecule has 161 valence electrons. The van der Waals surface area contributed by atoms with E-state index in [1.807, 2.05) is 62.4 Å². The minimum atomic E-state index is -0.334. The molecule has 0 bridgehead atoms. The number of benzene rings is 2. The second kappa shape index (κ2) is 16.6. The minimum Gasteiger partial charge on any atom is -0.358 e. The quantitative estimate of drug-likeness (QED) is 0.318. The summed E-state index contributed by atoms with van der Waals surface area (Å²) in [5, 5.41) is 0. The number of carbonyl (C=O) groups is 1. The van der Waals surface area contributed by atoms with Crippen LogP contribution < -0.4 is 0 Å². The molecule has 2 aromatic rings. The Bertz CT molecular complexity index is 716. The zero-order chi connectivity index (χ0) is 20.2. The molecule has 1 aliphatic heterocycles. The van der Waals surface area contributed by atoms with Gasteiger partial charge in [0.25, 0.3) is 0 Å². The van der Waals surface area contributed by atoms with Crippen LogP contribution in [0.4, 0.5) is 0 Å². The van der Waals surface area contributed by atoms with Crippen molar-refractivity contribution < 1.29 is 47.0 Å². The first-order valence-electron chi connectivity index (χ1n) is 10.3. The third-order valence-electron chi connectivity index (χ3n) is 4.63. The molecule has 4 heteroatoms. The molecule has 0 N–H and O–H groups in total. The van der Waals surface area contributed by atoms with Crippen molar-refractivity contribution in [1.29, 1.82) is 0 Å². The topological polar surface area (TPSA) is 35.5 Å². The Kier molecular flexibility index (Phi) is 15.9. The maximum atomic E-state index is 11.0. The van der Waals surface area contributed by atoms with Gasteiger partial charge in [0.1, 0.15) is 5.78 Å². The van der Waals surface area contributed by atoms with Gasteiger partial charge in [-0.25, -0.2) is 0 Å². The van der Waals surface area contributed by atoms with Crippen LogP contribution in [-0.2, 0) is 47.0 Å². The Morgan fingerprint density at radius 1 is 0.967 bits per heavy atom. The maximum Gasteiger partial charge on any atom is 0.184 e. The van der Waals surface area contributed by atoms with E-state index in [0.29, 0.717) is 13.0 Å². The summed E-state index contributed by atoms with van der Waals surface area (Å²) >= 11 is 0. The summed E-state index contributed by atoms with van der Waals surface area (Å²) in [7, 11) is 0. The molecule has 3 rings (SSSR count). The molecule has 0 amide bonds. The van der Waals surface area contributed by atoms with Gasteiger partial charge in [0, 0.05) is 50.6 Å². The molecule has 1 fully saturated rings. The van der Waals surface area contributed by atoms with Crippen LogP contribution in [0.1, 0.15) is 63.6 Å². The summed E-state index contributed by atoms with van der Waals surface area (Å²) in [5.74, 6) is 0.484. The predicted molar refractivity (Wildman–Crippen MR) is 120 cm³/mol. The van der Waals surface area contributed by atoms with Gasteiger partial charge in [-0.2, -0.15) is 0 Å². The molecule has 0 spiro atoms. The van der Waals surface area contributed by atoms with E-state index in [1.54, 1.807) is 6.92 Å². The van der Waals surface area contributed by atoms with E-state index in [9.17, 15) is 4.79 Å². The summed E-state index contributed by atoms with van der Waals surface area (Å²) in [4.78, 5) is 11.0. The van der Waals surface area contributed by atoms with Gasteiger partial charge in [-0.3, -0.25) is 0 Å². The number of Topliss-reactive ketones (excluding diaryl/α,β-unsaturated/α-hetero) is 1. The number of ketones is 1. The second-order valence-electron chi connectivity index (χ2n) is 6.75. The van der Waals surface area contributed by atoms with Crippen LogP contribution in [0.5, 0.6) is 0 Å². The molecule has 0 aliphatic carbocycles. The third kappa shape index (κ3) is 9.35. The van der Waals surface area contributed by atoms with Crippen molar-refractivity contribution in [3.63, 3.8) is 0 Å². The molecular weight excluding hydrogens is 449 g/mol. The van der Waals surface area contributed by atoms with Gasteiger partial charge < -0.3 is 21.7 Å². The fourth-order valence-corrected chi connectivity index (χ4v) is 3.23. The number of ether oxygens (including phenoxy) is 2. The van der Waals surface area contributed by atoms with Gasteiger partial charge in [-0.05, 0) is 25.3 Å². The minimum absolute atomic E-state index is 0. The Labute approximate surface area is 208 Å². The fraction of sp³-hybridized carbons (Fsp3) is 0.385. The molecule has 1 saturated heterocycles. The first-order chi connectivity index (χ1) is 13.7. The SMILES string of the molecule is CC.CC(=O)CC/C=C\C[C@@H]1CO[C@H](c2ccccc2)O[C@@H]1c1ccccc1.[CH3-].[Y]. The molecule has 0 unspecified atom stereocenters. The zero-order valence-corrected chi connectivity index (χ0v) is 21.6. The first-order valence-corrected chi connectivity index (χ1v) is 10.3. The number of hydrogen-bond donors (Lipinski definition) is 0. The van der Waals surface area contributed by atoms with E-state index in [1.165, 1.54) is 5.56 Å². The van der Waals surface area contributed by atoms with Crippen LogP contribution in [0.3, 0.4) is 0 Å². The van der Waals surface area contributed by atoms with Crippen LogP contribution in [0.2, 0.25) is 0 Å². The van der Waals surface area contributed by atoms with Crippen LogP contribution in [0.15, 0.2) is 72.8 Å². The van der Waals surface area contributed by atoms with Crippen molar-refractivity contribution in [2.24, 2.45) is 5.92 Å². The van der Waals surface area contributed by atoms with Crippen molar-refractivity contribution in [2.45, 2.75) is 52.4 Å². The summed E-state index contributed by atoms with van der Waals surface area (Å²) < 4.78 is 12.4. The first kappa shape index (κ1) is 28.9. The maximum absolute atomic E-state index is 11.0. The van der Waals surface area contributed by atoms with E-state index in [2.05, 4.69) is 24.3 Å². The van der Waals surface area contributed by atoms with Gasteiger partial charge in [-0.1, -0.05) is 86.7 Å². The second-order valence-corrected chi connectivity index (χ2v) is 6.75. The van der Waals surface area contributed by atoms with Crippen LogP contribution in [-0.4, -0.2) is 12.4 Å². The van der Waals surface area contributed by atoms with E-state index in [4.69, 9.17) is 9.47 Å². The fourth-order valence-electron chi connectivity index (χ4n) is 3.23. The summed E-state index contributed by atoms with van der Waals surface area (Å²) in [5.41, 5.74) is 2.22. The average Bonchev–Trinajstić information content (AvgIpc) is 2.76. The number of hydrogen-bond acceptors (Lipinski definition) is 3. The molecule has 1 radical (unpaired) electrons. The monoisotopic (exact) mass is 484 g/mol. The average molecular weight is 484 g/mol. The zero-order valence-electron chi connectivity index (χ0n) is 18.8. The molecule has 30 heavy (non-hydrogen) atoms. The molecule has 0 aromatic heterocycles. The summed E-state index contributed by atoms with van der Waals surface area (Å²) in [6.07, 6.45) is 6.18. The van der Waals surface area contributed by atoms with Crippen LogP contribution in [0.25, 0.3) is 0 Å². The van der Waals surface area contributed by atoms with Crippen molar-refractivity contribution in [3.8, 4) is 0 Å². The Morgan fingerprint density at radius 2 is 1.53 bits per heavy atom. The molecule has 2 aromatic carbocycles. The van der Waals surface area contributed by atoms with Crippen LogP contribution >= 0.6 is 0 Å². The van der Waals surface area contributed by atoms with Crippen molar-refractivity contribution in [2.75, 3.05) is 6.61 Å².